The quantitative estimate of drug-likeness (QED) is 0.889. The highest BCUT2D eigenvalue weighted by Gasteiger charge is 2.31. The van der Waals surface area contributed by atoms with Crippen LogP contribution in [0.4, 0.5) is 10.6 Å². The van der Waals surface area contributed by atoms with E-state index in [1.54, 1.807) is 23.4 Å². The number of carbonyl (C=O) groups excluding carboxylic acids is 1. The molecule has 2 N–H and O–H groups in total. The standard InChI is InChI=1S/C13H18N6O2/c1-2-18-6-7-19(9-10(18)12-14-4-5-15-12)13(20)16-11-3-8-21-17-11/h3-5,8,10H,2,6-7,9H2,1H3,(H,14,15)(H,16,17,20)/t10-/m1/s1. The van der Waals surface area contributed by atoms with E-state index in [0.717, 1.165) is 18.9 Å². The van der Waals surface area contributed by atoms with Gasteiger partial charge in [0, 0.05) is 38.1 Å². The normalized spacial score (nSPS) is 19.7. The van der Waals surface area contributed by atoms with Gasteiger partial charge in [-0.25, -0.2) is 9.78 Å². The van der Waals surface area contributed by atoms with Crippen molar-refractivity contribution in [2.75, 3.05) is 31.5 Å². The second kappa shape index (κ2) is 5.96. The lowest BCUT2D eigenvalue weighted by atomic mass is 10.1. The number of nitrogens with zero attached hydrogens (tertiary/aromatic N) is 4. The average molecular weight is 290 g/mol. The fourth-order valence-electron chi connectivity index (χ4n) is 2.57. The lowest BCUT2D eigenvalue weighted by Crippen LogP contribution is -2.51. The third-order valence-electron chi connectivity index (χ3n) is 3.69. The van der Waals surface area contributed by atoms with E-state index in [9.17, 15) is 4.79 Å². The van der Waals surface area contributed by atoms with Gasteiger partial charge in [0.25, 0.3) is 0 Å². The third kappa shape index (κ3) is 2.89. The minimum atomic E-state index is -0.170. The smallest absolute Gasteiger partial charge is 0.323 e. The number of likely N-dealkylation sites (N-methyl/N-ethyl adjacent to an activating group) is 1. The van der Waals surface area contributed by atoms with E-state index in [1.165, 1.54) is 6.26 Å². The Morgan fingerprint density at radius 2 is 2.48 bits per heavy atom. The molecule has 2 aromatic heterocycles. The van der Waals surface area contributed by atoms with Gasteiger partial charge in [-0.15, -0.1) is 0 Å². The maximum atomic E-state index is 12.3. The Morgan fingerprint density at radius 1 is 1.57 bits per heavy atom. The molecule has 1 aliphatic heterocycles. The molecule has 0 bridgehead atoms. The van der Waals surface area contributed by atoms with Crippen LogP contribution in [-0.4, -0.2) is 57.1 Å². The van der Waals surface area contributed by atoms with E-state index in [-0.39, 0.29) is 12.1 Å². The zero-order chi connectivity index (χ0) is 14.7. The summed E-state index contributed by atoms with van der Waals surface area (Å²) in [5.74, 6) is 1.31. The van der Waals surface area contributed by atoms with Crippen molar-refractivity contribution in [3.05, 3.63) is 30.5 Å². The van der Waals surface area contributed by atoms with Crippen molar-refractivity contribution < 1.29 is 9.32 Å². The molecule has 0 unspecified atom stereocenters. The SMILES string of the molecule is CCN1CCN(C(=O)Nc2ccon2)C[C@@H]1c1ncc[nH]1. The van der Waals surface area contributed by atoms with Crippen LogP contribution in [0.5, 0.6) is 0 Å². The van der Waals surface area contributed by atoms with E-state index in [4.69, 9.17) is 4.52 Å². The summed E-state index contributed by atoms with van der Waals surface area (Å²) in [6.07, 6.45) is 4.96. The maximum Gasteiger partial charge on any atom is 0.323 e. The molecule has 2 aromatic rings. The Kier molecular flexibility index (Phi) is 3.87. The first kappa shape index (κ1) is 13.6. The molecule has 3 heterocycles. The first-order chi connectivity index (χ1) is 10.3. The molecule has 1 atom stereocenters. The van der Waals surface area contributed by atoms with Crippen LogP contribution in [0.1, 0.15) is 18.8 Å². The minimum absolute atomic E-state index is 0.0850. The molecule has 2 amide bonds. The predicted octanol–water partition coefficient (Wildman–Crippen LogP) is 1.31. The highest BCUT2D eigenvalue weighted by Crippen LogP contribution is 2.22. The van der Waals surface area contributed by atoms with Gasteiger partial charge in [0.1, 0.15) is 12.1 Å². The van der Waals surface area contributed by atoms with Gasteiger partial charge in [0.2, 0.25) is 0 Å². The highest BCUT2D eigenvalue weighted by atomic mass is 16.5. The van der Waals surface area contributed by atoms with Crippen LogP contribution in [0.3, 0.4) is 0 Å². The number of carbonyl (C=O) groups is 1. The van der Waals surface area contributed by atoms with Gasteiger partial charge in [0.15, 0.2) is 5.82 Å². The summed E-state index contributed by atoms with van der Waals surface area (Å²) >= 11 is 0. The number of aromatic nitrogens is 3. The first-order valence-electron chi connectivity index (χ1n) is 6.97. The number of anilines is 1. The van der Waals surface area contributed by atoms with E-state index >= 15 is 0 Å². The van der Waals surface area contributed by atoms with Crippen LogP contribution >= 0.6 is 0 Å². The Balaban J connectivity index is 1.69. The summed E-state index contributed by atoms with van der Waals surface area (Å²) in [5, 5.41) is 6.41. The fourth-order valence-corrected chi connectivity index (χ4v) is 2.57. The Labute approximate surface area is 122 Å². The molecule has 0 spiro atoms. The number of piperazine rings is 1. The molecule has 1 fully saturated rings. The van der Waals surface area contributed by atoms with E-state index in [2.05, 4.69) is 32.3 Å². The first-order valence-corrected chi connectivity index (χ1v) is 6.97. The van der Waals surface area contributed by atoms with Gasteiger partial charge in [-0.1, -0.05) is 12.1 Å². The molecule has 112 valence electrons. The summed E-state index contributed by atoms with van der Waals surface area (Å²) < 4.78 is 4.71. The summed E-state index contributed by atoms with van der Waals surface area (Å²) in [6, 6.07) is 1.53. The Morgan fingerprint density at radius 3 is 3.14 bits per heavy atom. The number of hydrogen-bond donors (Lipinski definition) is 2. The molecule has 21 heavy (non-hydrogen) atoms. The Bertz CT molecular complexity index is 568. The fraction of sp³-hybridized carbons (Fsp3) is 0.462. The molecule has 3 rings (SSSR count). The molecule has 0 radical (unpaired) electrons. The average Bonchev–Trinajstić information content (AvgIpc) is 3.19. The van der Waals surface area contributed by atoms with E-state index in [0.29, 0.717) is 18.9 Å². The van der Waals surface area contributed by atoms with Crippen molar-refractivity contribution in [3.63, 3.8) is 0 Å². The molecule has 8 nitrogen and oxygen atoms in total. The second-order valence-electron chi connectivity index (χ2n) is 4.88. The van der Waals surface area contributed by atoms with Crippen LogP contribution in [-0.2, 0) is 0 Å². The molecule has 0 saturated carbocycles. The lowest BCUT2D eigenvalue weighted by molar-refractivity contribution is 0.0946. The molecular weight excluding hydrogens is 272 g/mol. The molecular formula is C13H18N6O2. The van der Waals surface area contributed by atoms with Crippen molar-refractivity contribution in [2.45, 2.75) is 13.0 Å². The van der Waals surface area contributed by atoms with Crippen molar-refractivity contribution in [2.24, 2.45) is 0 Å². The van der Waals surface area contributed by atoms with Gasteiger partial charge in [0.05, 0.1) is 6.04 Å². The number of rotatable bonds is 3. The van der Waals surface area contributed by atoms with Crippen LogP contribution in [0.15, 0.2) is 29.2 Å². The van der Waals surface area contributed by atoms with Crippen LogP contribution in [0.25, 0.3) is 0 Å². The molecule has 0 aromatic carbocycles. The molecule has 8 heteroatoms. The summed E-state index contributed by atoms with van der Waals surface area (Å²) in [6.45, 7) is 5.11. The van der Waals surface area contributed by atoms with Gasteiger partial charge >= 0.3 is 6.03 Å². The zero-order valence-corrected chi connectivity index (χ0v) is 11.8. The van der Waals surface area contributed by atoms with Crippen molar-refractivity contribution in [1.82, 2.24) is 24.9 Å². The van der Waals surface area contributed by atoms with Gasteiger partial charge in [-0.05, 0) is 6.54 Å². The maximum absolute atomic E-state index is 12.3. The summed E-state index contributed by atoms with van der Waals surface area (Å²) in [4.78, 5) is 23.8. The number of hydrogen-bond acceptors (Lipinski definition) is 5. The largest absolute Gasteiger partial charge is 0.363 e. The zero-order valence-electron chi connectivity index (χ0n) is 11.8. The molecule has 0 aliphatic carbocycles. The van der Waals surface area contributed by atoms with Gasteiger partial charge in [-0.2, -0.15) is 0 Å². The predicted molar refractivity (Wildman–Crippen MR) is 75.7 cm³/mol. The van der Waals surface area contributed by atoms with Crippen molar-refractivity contribution in [3.8, 4) is 0 Å². The second-order valence-corrected chi connectivity index (χ2v) is 4.88. The van der Waals surface area contributed by atoms with Gasteiger partial charge < -0.3 is 14.4 Å². The number of amides is 2. The van der Waals surface area contributed by atoms with E-state index in [1.807, 2.05) is 0 Å². The van der Waals surface area contributed by atoms with E-state index < -0.39 is 0 Å². The Hall–Kier alpha value is -2.35. The number of urea groups is 1. The summed E-state index contributed by atoms with van der Waals surface area (Å²) in [7, 11) is 0. The minimum Gasteiger partial charge on any atom is -0.363 e. The van der Waals surface area contributed by atoms with Gasteiger partial charge in [-0.3, -0.25) is 10.2 Å². The van der Waals surface area contributed by atoms with Crippen LogP contribution < -0.4 is 5.32 Å². The summed E-state index contributed by atoms with van der Waals surface area (Å²) in [5.41, 5.74) is 0. The van der Waals surface area contributed by atoms with Crippen molar-refractivity contribution >= 4 is 11.8 Å². The number of imidazole rings is 1. The van der Waals surface area contributed by atoms with Crippen molar-refractivity contribution in [1.29, 1.82) is 0 Å². The molecule has 1 aliphatic rings. The monoisotopic (exact) mass is 290 g/mol. The highest BCUT2D eigenvalue weighted by molar-refractivity contribution is 5.88. The van der Waals surface area contributed by atoms with Crippen LogP contribution in [0.2, 0.25) is 0 Å². The number of nitrogens with one attached hydrogen (secondary N) is 2. The number of aromatic amines is 1. The topological polar surface area (TPSA) is 90.3 Å². The number of H-pyrrole nitrogens is 1. The van der Waals surface area contributed by atoms with Crippen LogP contribution in [0, 0.1) is 0 Å². The lowest BCUT2D eigenvalue weighted by Gasteiger charge is -2.39. The third-order valence-corrected chi connectivity index (χ3v) is 3.69. The molecule has 1 saturated heterocycles.